The van der Waals surface area contributed by atoms with Crippen LogP contribution in [0.3, 0.4) is 0 Å². The number of amides is 2. The minimum absolute atomic E-state index is 0.0848. The third kappa shape index (κ3) is 4.50. The average Bonchev–Trinajstić information content (AvgIpc) is 3.11. The molecule has 6 heteroatoms. The zero-order chi connectivity index (χ0) is 20.2. The van der Waals surface area contributed by atoms with Crippen molar-refractivity contribution in [2.45, 2.75) is 19.5 Å². The van der Waals surface area contributed by atoms with Gasteiger partial charge in [0.1, 0.15) is 11.5 Å². The fourth-order valence-corrected chi connectivity index (χ4v) is 3.59. The van der Waals surface area contributed by atoms with Crippen molar-refractivity contribution in [2.75, 3.05) is 11.4 Å². The summed E-state index contributed by atoms with van der Waals surface area (Å²) in [5.74, 6) is 1.63. The SMILES string of the molecule is NC(=O)N(O)Cc1ccc2c(c1)CCN2Cc1cccc(Oc2ccccc2)c1. The third-order valence-corrected chi connectivity index (χ3v) is 4.97. The van der Waals surface area contributed by atoms with Gasteiger partial charge in [0.05, 0.1) is 6.54 Å². The number of ether oxygens (including phenoxy) is 1. The molecule has 148 valence electrons. The van der Waals surface area contributed by atoms with Gasteiger partial charge in [0.15, 0.2) is 0 Å². The Bertz CT molecular complexity index is 1010. The Morgan fingerprint density at radius 2 is 1.79 bits per heavy atom. The van der Waals surface area contributed by atoms with E-state index in [4.69, 9.17) is 10.5 Å². The number of carbonyl (C=O) groups is 1. The van der Waals surface area contributed by atoms with E-state index in [1.54, 1.807) is 0 Å². The minimum atomic E-state index is -0.857. The number of hydrogen-bond donors (Lipinski definition) is 2. The zero-order valence-electron chi connectivity index (χ0n) is 16.0. The van der Waals surface area contributed by atoms with E-state index in [0.717, 1.165) is 36.6 Å². The van der Waals surface area contributed by atoms with Crippen LogP contribution in [-0.4, -0.2) is 22.8 Å². The van der Waals surface area contributed by atoms with Gasteiger partial charge in [-0.2, -0.15) is 0 Å². The van der Waals surface area contributed by atoms with Crippen molar-refractivity contribution < 1.29 is 14.7 Å². The summed E-state index contributed by atoms with van der Waals surface area (Å²) in [5.41, 5.74) is 9.49. The van der Waals surface area contributed by atoms with Crippen molar-refractivity contribution in [3.63, 3.8) is 0 Å². The number of primary amides is 1. The molecule has 1 aliphatic heterocycles. The van der Waals surface area contributed by atoms with Gasteiger partial charge >= 0.3 is 6.03 Å². The molecule has 0 spiro atoms. The molecule has 0 fully saturated rings. The van der Waals surface area contributed by atoms with E-state index in [1.807, 2.05) is 60.7 Å². The number of para-hydroxylation sites is 1. The summed E-state index contributed by atoms with van der Waals surface area (Å²) in [6.45, 7) is 1.79. The van der Waals surface area contributed by atoms with E-state index in [0.29, 0.717) is 5.06 Å². The van der Waals surface area contributed by atoms with Crippen LogP contribution < -0.4 is 15.4 Å². The molecule has 0 atom stereocenters. The van der Waals surface area contributed by atoms with Crippen LogP contribution in [0.1, 0.15) is 16.7 Å². The third-order valence-electron chi connectivity index (χ3n) is 4.97. The first kappa shape index (κ1) is 18.8. The lowest BCUT2D eigenvalue weighted by Gasteiger charge is -2.20. The fourth-order valence-electron chi connectivity index (χ4n) is 3.59. The number of fused-ring (bicyclic) bond motifs is 1. The van der Waals surface area contributed by atoms with Crippen LogP contribution in [0.25, 0.3) is 0 Å². The van der Waals surface area contributed by atoms with E-state index < -0.39 is 6.03 Å². The number of anilines is 1. The Morgan fingerprint density at radius 1 is 1.00 bits per heavy atom. The highest BCUT2D eigenvalue weighted by molar-refractivity contribution is 5.70. The van der Waals surface area contributed by atoms with Crippen molar-refractivity contribution in [1.29, 1.82) is 0 Å². The average molecular weight is 389 g/mol. The Morgan fingerprint density at radius 3 is 2.59 bits per heavy atom. The van der Waals surface area contributed by atoms with Crippen LogP contribution in [0.15, 0.2) is 72.8 Å². The quantitative estimate of drug-likeness (QED) is 0.486. The lowest BCUT2D eigenvalue weighted by atomic mass is 10.1. The first-order valence-electron chi connectivity index (χ1n) is 9.53. The van der Waals surface area contributed by atoms with E-state index in [9.17, 15) is 10.0 Å². The zero-order valence-corrected chi connectivity index (χ0v) is 16.0. The van der Waals surface area contributed by atoms with E-state index in [1.165, 1.54) is 16.8 Å². The molecule has 0 aliphatic carbocycles. The molecule has 3 aromatic carbocycles. The highest BCUT2D eigenvalue weighted by Gasteiger charge is 2.20. The predicted octanol–water partition coefficient (Wildman–Crippen LogP) is 4.31. The van der Waals surface area contributed by atoms with Gasteiger partial charge in [0.25, 0.3) is 0 Å². The van der Waals surface area contributed by atoms with Gasteiger partial charge in [-0.25, -0.2) is 9.86 Å². The lowest BCUT2D eigenvalue weighted by molar-refractivity contribution is -0.0470. The number of nitrogens with zero attached hydrogens (tertiary/aromatic N) is 2. The molecule has 4 rings (SSSR count). The van der Waals surface area contributed by atoms with E-state index >= 15 is 0 Å². The van der Waals surface area contributed by atoms with Gasteiger partial charge in [-0.1, -0.05) is 42.5 Å². The van der Waals surface area contributed by atoms with Crippen LogP contribution in [0.5, 0.6) is 11.5 Å². The van der Waals surface area contributed by atoms with Gasteiger partial charge in [0, 0.05) is 18.8 Å². The van der Waals surface area contributed by atoms with Crippen LogP contribution in [-0.2, 0) is 19.5 Å². The van der Waals surface area contributed by atoms with Crippen LogP contribution in [0, 0.1) is 0 Å². The van der Waals surface area contributed by atoms with Gasteiger partial charge in [-0.3, -0.25) is 5.21 Å². The molecular formula is C23H23N3O3. The Hall–Kier alpha value is -3.51. The number of urea groups is 1. The molecular weight excluding hydrogens is 366 g/mol. The number of carbonyl (C=O) groups excluding carboxylic acids is 1. The first-order valence-corrected chi connectivity index (χ1v) is 9.53. The molecule has 0 aromatic heterocycles. The van der Waals surface area contributed by atoms with Crippen LogP contribution in [0.4, 0.5) is 10.5 Å². The predicted molar refractivity (Wildman–Crippen MR) is 111 cm³/mol. The number of nitrogens with two attached hydrogens (primary N) is 1. The largest absolute Gasteiger partial charge is 0.457 e. The second-order valence-corrected chi connectivity index (χ2v) is 7.09. The molecule has 0 saturated heterocycles. The van der Waals surface area contributed by atoms with Crippen molar-refractivity contribution in [2.24, 2.45) is 5.73 Å². The topological polar surface area (TPSA) is 79.0 Å². The number of hydroxylamine groups is 2. The van der Waals surface area contributed by atoms with Crippen LogP contribution >= 0.6 is 0 Å². The maximum absolute atomic E-state index is 11.0. The molecule has 0 saturated carbocycles. The van der Waals surface area contributed by atoms with Gasteiger partial charge < -0.3 is 15.4 Å². The van der Waals surface area contributed by atoms with E-state index in [-0.39, 0.29) is 6.54 Å². The van der Waals surface area contributed by atoms with Gasteiger partial charge in [-0.05, 0) is 53.4 Å². The highest BCUT2D eigenvalue weighted by atomic mass is 16.5. The van der Waals surface area contributed by atoms with E-state index in [2.05, 4.69) is 17.0 Å². The maximum atomic E-state index is 11.0. The summed E-state index contributed by atoms with van der Waals surface area (Å²) in [5, 5.41) is 10.1. The Balaban J connectivity index is 1.45. The molecule has 1 heterocycles. The monoisotopic (exact) mass is 389 g/mol. The summed E-state index contributed by atoms with van der Waals surface area (Å²) in [4.78, 5) is 13.3. The Labute approximate surface area is 169 Å². The summed E-state index contributed by atoms with van der Waals surface area (Å²) in [6, 6.07) is 23.0. The lowest BCUT2D eigenvalue weighted by Crippen LogP contribution is -2.32. The second kappa shape index (κ2) is 8.24. The van der Waals surface area contributed by atoms with Crippen molar-refractivity contribution in [3.05, 3.63) is 89.5 Å². The number of benzene rings is 3. The molecule has 6 nitrogen and oxygen atoms in total. The van der Waals surface area contributed by atoms with Crippen molar-refractivity contribution >= 4 is 11.7 Å². The smallest absolute Gasteiger partial charge is 0.338 e. The van der Waals surface area contributed by atoms with Crippen LogP contribution in [0.2, 0.25) is 0 Å². The summed E-state index contributed by atoms with van der Waals surface area (Å²) in [7, 11) is 0. The molecule has 0 bridgehead atoms. The number of hydrogen-bond acceptors (Lipinski definition) is 4. The molecule has 2 amide bonds. The van der Waals surface area contributed by atoms with Crippen molar-refractivity contribution in [3.8, 4) is 11.5 Å². The second-order valence-electron chi connectivity index (χ2n) is 7.09. The first-order chi connectivity index (χ1) is 14.1. The minimum Gasteiger partial charge on any atom is -0.457 e. The summed E-state index contributed by atoms with van der Waals surface area (Å²) >= 11 is 0. The molecule has 0 unspecified atom stereocenters. The molecule has 1 aliphatic rings. The Kier molecular flexibility index (Phi) is 5.35. The maximum Gasteiger partial charge on any atom is 0.338 e. The standard InChI is InChI=1S/C23H23N3O3/c24-23(27)26(28)16-18-9-10-22-19(13-18)11-12-25(22)15-17-5-4-8-21(14-17)29-20-6-2-1-3-7-20/h1-10,13-14,28H,11-12,15-16H2,(H2,24,27). The molecule has 3 aromatic rings. The number of rotatable bonds is 6. The normalized spacial score (nSPS) is 12.5. The van der Waals surface area contributed by atoms with Gasteiger partial charge in [0.2, 0.25) is 0 Å². The van der Waals surface area contributed by atoms with Crippen molar-refractivity contribution in [1.82, 2.24) is 5.06 Å². The molecule has 0 radical (unpaired) electrons. The molecule has 29 heavy (non-hydrogen) atoms. The fraction of sp³-hybridized carbons (Fsp3) is 0.174. The summed E-state index contributed by atoms with van der Waals surface area (Å²) < 4.78 is 5.94. The molecule has 3 N–H and O–H groups in total. The highest BCUT2D eigenvalue weighted by Crippen LogP contribution is 2.31. The summed E-state index contributed by atoms with van der Waals surface area (Å²) in [6.07, 6.45) is 0.922. The van der Waals surface area contributed by atoms with Gasteiger partial charge in [-0.15, -0.1) is 0 Å².